The highest BCUT2D eigenvalue weighted by Gasteiger charge is 2.44. The van der Waals surface area contributed by atoms with Crippen LogP contribution < -0.4 is 5.48 Å². The Hall–Kier alpha value is -2.40. The Balaban J connectivity index is 2.65. The van der Waals surface area contributed by atoms with E-state index in [1.165, 1.54) is 0 Å². The van der Waals surface area contributed by atoms with Crippen LogP contribution in [0.15, 0.2) is 53.8 Å². The molecule has 1 heterocycles. The van der Waals surface area contributed by atoms with Gasteiger partial charge in [0.2, 0.25) is 0 Å². The summed E-state index contributed by atoms with van der Waals surface area (Å²) in [6, 6.07) is 1.93. The summed E-state index contributed by atoms with van der Waals surface area (Å²) in [7, 11) is 1.88. The van der Waals surface area contributed by atoms with E-state index in [4.69, 9.17) is 0 Å². The first-order valence-corrected chi connectivity index (χ1v) is 7.99. The Bertz CT molecular complexity index is 748. The van der Waals surface area contributed by atoms with Gasteiger partial charge in [-0.05, 0) is 56.4 Å². The summed E-state index contributed by atoms with van der Waals surface area (Å²) in [6.07, 6.45) is 8.56. The number of amides is 1. The number of aryl methyl sites for hydroxylation is 1. The molecule has 128 valence electrons. The van der Waals surface area contributed by atoms with Crippen LogP contribution in [0.2, 0.25) is 0 Å². The zero-order chi connectivity index (χ0) is 17.9. The number of hydroxylamine groups is 1. The number of carbonyl (C=O) groups excluding carboxylic acids is 1. The molecule has 1 aliphatic rings. The maximum atomic E-state index is 12.7. The first kappa shape index (κ1) is 17.9. The van der Waals surface area contributed by atoms with Crippen LogP contribution in [0.5, 0.6) is 0 Å². The minimum Gasteiger partial charge on any atom is -0.289 e. The normalized spacial score (nSPS) is 20.5. The summed E-state index contributed by atoms with van der Waals surface area (Å²) in [4.78, 5) is 12.7. The Morgan fingerprint density at radius 2 is 2.17 bits per heavy atom. The largest absolute Gasteiger partial charge is 0.289 e. The van der Waals surface area contributed by atoms with Crippen LogP contribution >= 0.6 is 0 Å². The molecular formula is C19H25N3O2. The van der Waals surface area contributed by atoms with Crippen LogP contribution in [-0.2, 0) is 11.8 Å². The third-order valence-corrected chi connectivity index (χ3v) is 4.79. The van der Waals surface area contributed by atoms with Gasteiger partial charge in [0.15, 0.2) is 0 Å². The van der Waals surface area contributed by atoms with Gasteiger partial charge in [-0.2, -0.15) is 5.10 Å². The van der Waals surface area contributed by atoms with Gasteiger partial charge in [-0.15, -0.1) is 0 Å². The minimum absolute atomic E-state index is 0.423. The van der Waals surface area contributed by atoms with Crippen molar-refractivity contribution < 1.29 is 10.0 Å². The number of rotatable bonds is 5. The first-order valence-electron chi connectivity index (χ1n) is 7.99. The van der Waals surface area contributed by atoms with Crippen LogP contribution in [0.25, 0.3) is 5.57 Å². The van der Waals surface area contributed by atoms with Crippen molar-refractivity contribution in [2.45, 2.75) is 33.6 Å². The van der Waals surface area contributed by atoms with Crippen LogP contribution in [0.3, 0.4) is 0 Å². The summed E-state index contributed by atoms with van der Waals surface area (Å²) in [5, 5.41) is 13.6. The van der Waals surface area contributed by atoms with E-state index in [2.05, 4.69) is 11.7 Å². The molecule has 1 amide bonds. The minimum atomic E-state index is -0.913. The SMILES string of the molecule is C=C/C=C(\C(C)=C(C)C)[C@@]1(C(=O)NO)C=C(c2ccnn2C)CC1. The second kappa shape index (κ2) is 7.01. The quantitative estimate of drug-likeness (QED) is 0.494. The third kappa shape index (κ3) is 2.99. The lowest BCUT2D eigenvalue weighted by Gasteiger charge is -2.29. The molecule has 0 saturated carbocycles. The number of nitrogens with one attached hydrogen (secondary N) is 1. The van der Waals surface area contributed by atoms with Gasteiger partial charge in [0.05, 0.1) is 11.1 Å². The van der Waals surface area contributed by atoms with Crippen molar-refractivity contribution in [1.29, 1.82) is 0 Å². The molecule has 0 fully saturated rings. The fourth-order valence-corrected chi connectivity index (χ4v) is 3.27. The van der Waals surface area contributed by atoms with Gasteiger partial charge in [0, 0.05) is 13.2 Å². The second-order valence-electron chi connectivity index (χ2n) is 6.36. The molecule has 2 rings (SSSR count). The third-order valence-electron chi connectivity index (χ3n) is 4.79. The van der Waals surface area contributed by atoms with Crippen molar-refractivity contribution in [3.63, 3.8) is 0 Å². The zero-order valence-electron chi connectivity index (χ0n) is 14.8. The maximum Gasteiger partial charge on any atom is 0.257 e. The number of carbonyl (C=O) groups is 1. The molecule has 0 radical (unpaired) electrons. The van der Waals surface area contributed by atoms with Crippen LogP contribution in [0.4, 0.5) is 0 Å². The Labute approximate surface area is 143 Å². The highest BCUT2D eigenvalue weighted by Crippen LogP contribution is 2.48. The second-order valence-corrected chi connectivity index (χ2v) is 6.36. The van der Waals surface area contributed by atoms with E-state index < -0.39 is 11.3 Å². The number of allylic oxidation sites excluding steroid dienone is 5. The number of nitrogens with zero attached hydrogens (tertiary/aromatic N) is 2. The predicted molar refractivity (Wildman–Crippen MR) is 95.1 cm³/mol. The maximum absolute atomic E-state index is 12.7. The molecule has 24 heavy (non-hydrogen) atoms. The fourth-order valence-electron chi connectivity index (χ4n) is 3.27. The monoisotopic (exact) mass is 327 g/mol. The molecule has 0 saturated heterocycles. The molecule has 0 spiro atoms. The molecule has 0 aromatic carbocycles. The average molecular weight is 327 g/mol. The van der Waals surface area contributed by atoms with E-state index in [-0.39, 0.29) is 0 Å². The van der Waals surface area contributed by atoms with E-state index in [1.807, 2.05) is 51.5 Å². The van der Waals surface area contributed by atoms with Gasteiger partial charge in [-0.25, -0.2) is 5.48 Å². The topological polar surface area (TPSA) is 67.2 Å². The highest BCUT2D eigenvalue weighted by atomic mass is 16.5. The molecule has 1 aromatic heterocycles. The lowest BCUT2D eigenvalue weighted by molar-refractivity contribution is -0.135. The van der Waals surface area contributed by atoms with Crippen LogP contribution in [0, 0.1) is 5.41 Å². The van der Waals surface area contributed by atoms with E-state index in [0.29, 0.717) is 6.42 Å². The fraction of sp³-hybridized carbons (Fsp3) is 0.368. The lowest BCUT2D eigenvalue weighted by Crippen LogP contribution is -2.38. The first-order chi connectivity index (χ1) is 11.4. The van der Waals surface area contributed by atoms with Gasteiger partial charge in [0.1, 0.15) is 0 Å². The summed E-state index contributed by atoms with van der Waals surface area (Å²) in [6.45, 7) is 9.80. The van der Waals surface area contributed by atoms with Gasteiger partial charge in [-0.3, -0.25) is 14.7 Å². The molecule has 5 nitrogen and oxygen atoms in total. The van der Waals surface area contributed by atoms with Gasteiger partial charge in [0.25, 0.3) is 5.91 Å². The number of hydrogen-bond acceptors (Lipinski definition) is 3. The zero-order valence-corrected chi connectivity index (χ0v) is 14.8. The Kier molecular flexibility index (Phi) is 5.24. The van der Waals surface area contributed by atoms with Crippen LogP contribution in [0.1, 0.15) is 39.3 Å². The van der Waals surface area contributed by atoms with Gasteiger partial charge in [-0.1, -0.05) is 30.4 Å². The summed E-state index contributed by atoms with van der Waals surface area (Å²) in [5.41, 5.74) is 5.99. The molecule has 1 atom stereocenters. The van der Waals surface area contributed by atoms with Crippen molar-refractivity contribution in [3.8, 4) is 0 Å². The van der Waals surface area contributed by atoms with E-state index in [1.54, 1.807) is 17.0 Å². The molecule has 1 aliphatic carbocycles. The Morgan fingerprint density at radius 1 is 1.46 bits per heavy atom. The molecule has 2 N–H and O–H groups in total. The molecule has 0 aliphatic heterocycles. The standard InChI is InChI=1S/C19H25N3O2/c1-6-7-16(14(4)13(2)3)19(18(23)21-24)10-8-15(12-19)17-9-11-20-22(17)5/h6-7,9,11-12,24H,1,8,10H2,2-5H3,(H,21,23)/b16-7+/t19-/m0/s1. The highest BCUT2D eigenvalue weighted by molar-refractivity contribution is 5.92. The van der Waals surface area contributed by atoms with Crippen molar-refractivity contribution in [2.24, 2.45) is 12.5 Å². The van der Waals surface area contributed by atoms with Crippen molar-refractivity contribution in [1.82, 2.24) is 15.3 Å². The van der Waals surface area contributed by atoms with E-state index >= 15 is 0 Å². The molecule has 5 heteroatoms. The van der Waals surface area contributed by atoms with Gasteiger partial charge >= 0.3 is 0 Å². The molecular weight excluding hydrogens is 302 g/mol. The summed E-state index contributed by atoms with van der Waals surface area (Å²) >= 11 is 0. The van der Waals surface area contributed by atoms with Crippen molar-refractivity contribution >= 4 is 11.5 Å². The Morgan fingerprint density at radius 3 is 2.67 bits per heavy atom. The van der Waals surface area contributed by atoms with E-state index in [0.717, 1.165) is 34.4 Å². The smallest absolute Gasteiger partial charge is 0.257 e. The van der Waals surface area contributed by atoms with Crippen molar-refractivity contribution in [2.75, 3.05) is 0 Å². The number of aromatic nitrogens is 2. The van der Waals surface area contributed by atoms with Crippen molar-refractivity contribution in [3.05, 3.63) is 59.5 Å². The lowest BCUT2D eigenvalue weighted by atomic mass is 9.74. The summed E-state index contributed by atoms with van der Waals surface area (Å²) in [5.74, 6) is -0.423. The molecule has 1 aromatic rings. The average Bonchev–Trinajstić information content (AvgIpc) is 3.18. The molecule has 0 bridgehead atoms. The van der Waals surface area contributed by atoms with E-state index in [9.17, 15) is 10.0 Å². The predicted octanol–water partition coefficient (Wildman–Crippen LogP) is 3.56. The number of hydrogen-bond donors (Lipinski definition) is 2. The van der Waals surface area contributed by atoms with Gasteiger partial charge < -0.3 is 0 Å². The molecule has 0 unspecified atom stereocenters. The van der Waals surface area contributed by atoms with Crippen LogP contribution in [-0.4, -0.2) is 20.9 Å². The summed E-state index contributed by atoms with van der Waals surface area (Å²) < 4.78 is 1.80.